The number of benzene rings is 6. The van der Waals surface area contributed by atoms with Crippen molar-refractivity contribution in [2.45, 2.75) is 38.1 Å². The average molecular weight is 614 g/mol. The number of sulfonamides is 1. The van der Waals surface area contributed by atoms with Crippen LogP contribution >= 0.6 is 0 Å². The Kier molecular flexibility index (Phi) is 7.76. The molecule has 0 unspecified atom stereocenters. The minimum Gasteiger partial charge on any atom is -0.380 e. The van der Waals surface area contributed by atoms with Crippen LogP contribution in [-0.2, 0) is 45.8 Å². The predicted octanol–water partition coefficient (Wildman–Crippen LogP) is 8.63. The Hall–Kier alpha value is -4.33. The summed E-state index contributed by atoms with van der Waals surface area (Å²) in [6.45, 7) is 3.18. The summed E-state index contributed by atoms with van der Waals surface area (Å²) in [5.74, 6) is 0. The van der Waals surface area contributed by atoms with Crippen LogP contribution in [-0.4, -0.2) is 26.9 Å². The summed E-state index contributed by atoms with van der Waals surface area (Å²) in [5.41, 5.74) is 9.26. The number of fused-ring (bicyclic) bond motifs is 3. The number of aryl methyl sites for hydroxylation is 1. The van der Waals surface area contributed by atoms with Gasteiger partial charge in [-0.15, -0.1) is 0 Å². The minimum absolute atomic E-state index is 0.256. The third-order valence-electron chi connectivity index (χ3n) is 8.96. The molecule has 7 rings (SSSR count). The van der Waals surface area contributed by atoms with Gasteiger partial charge in [0.25, 0.3) is 0 Å². The maximum Gasteiger partial charge on any atom is 0.243 e. The number of rotatable bonds is 8. The Balaban J connectivity index is 1.58. The van der Waals surface area contributed by atoms with E-state index in [0.29, 0.717) is 18.1 Å². The molecule has 0 saturated carbocycles. The monoisotopic (exact) mass is 613 g/mol. The molecule has 0 N–H and O–H groups in total. The van der Waals surface area contributed by atoms with Gasteiger partial charge in [0.15, 0.2) is 0 Å². The molecule has 6 heteroatoms. The Morgan fingerprint density at radius 1 is 0.600 bits per heavy atom. The first-order chi connectivity index (χ1) is 21.9. The van der Waals surface area contributed by atoms with Gasteiger partial charge in [-0.2, -0.15) is 4.31 Å². The lowest BCUT2D eigenvalue weighted by Crippen LogP contribution is -2.25. The molecule has 5 nitrogen and oxygen atoms in total. The number of nitrogens with zero attached hydrogens (tertiary/aromatic N) is 1. The van der Waals surface area contributed by atoms with E-state index in [0.717, 1.165) is 71.6 Å². The normalized spacial score (nSPS) is 13.5. The van der Waals surface area contributed by atoms with E-state index in [4.69, 9.17) is 9.47 Å². The number of ether oxygens (including phenoxy) is 2. The fraction of sp³-hybridized carbons (Fsp3) is 0.179. The average Bonchev–Trinajstić information content (AvgIpc) is 3.51. The molecule has 0 radical (unpaired) electrons. The van der Waals surface area contributed by atoms with Gasteiger partial charge in [-0.25, -0.2) is 8.42 Å². The van der Waals surface area contributed by atoms with Gasteiger partial charge in [0, 0.05) is 27.3 Å². The molecule has 1 aliphatic heterocycles. The molecule has 0 atom stereocenters. The quantitative estimate of drug-likeness (QED) is 0.172. The molecule has 226 valence electrons. The van der Waals surface area contributed by atoms with Crippen LogP contribution in [0.3, 0.4) is 0 Å². The molecule has 45 heavy (non-hydrogen) atoms. The molecule has 0 aromatic heterocycles. The van der Waals surface area contributed by atoms with E-state index < -0.39 is 10.0 Å². The van der Waals surface area contributed by atoms with Crippen molar-refractivity contribution in [3.63, 3.8) is 0 Å². The fourth-order valence-electron chi connectivity index (χ4n) is 6.90. The molecular formula is C39H35NO4S. The fourth-order valence-corrected chi connectivity index (χ4v) is 8.28. The molecule has 0 aliphatic carbocycles. The van der Waals surface area contributed by atoms with Crippen molar-refractivity contribution in [1.82, 2.24) is 4.31 Å². The van der Waals surface area contributed by atoms with Crippen molar-refractivity contribution in [2.24, 2.45) is 0 Å². The summed E-state index contributed by atoms with van der Waals surface area (Å²) in [6.07, 6.45) is 0. The molecule has 6 aromatic rings. The van der Waals surface area contributed by atoms with Gasteiger partial charge in [0.2, 0.25) is 10.0 Å². The zero-order valence-electron chi connectivity index (χ0n) is 25.7. The molecule has 1 aliphatic rings. The number of methoxy groups -OCH3 is 2. The first-order valence-corrected chi connectivity index (χ1v) is 16.6. The van der Waals surface area contributed by atoms with Gasteiger partial charge in [-0.05, 0) is 85.1 Å². The number of hydrogen-bond donors (Lipinski definition) is 0. The van der Waals surface area contributed by atoms with Crippen molar-refractivity contribution in [1.29, 1.82) is 0 Å². The van der Waals surface area contributed by atoms with Gasteiger partial charge in [0.1, 0.15) is 0 Å². The summed E-state index contributed by atoms with van der Waals surface area (Å²) >= 11 is 0. The second kappa shape index (κ2) is 11.9. The topological polar surface area (TPSA) is 55.8 Å². The molecule has 6 aromatic carbocycles. The first-order valence-electron chi connectivity index (χ1n) is 15.1. The van der Waals surface area contributed by atoms with Crippen molar-refractivity contribution in [3.05, 3.63) is 137 Å². The SMILES string of the molecule is COCc1c(COC)c(-c2cccc3ccccc23)c2c(c1-c1cccc3ccccc13)CN(S(=O)(=O)c1ccc(C)cc1)C2. The predicted molar refractivity (Wildman–Crippen MR) is 181 cm³/mol. The standard InChI is InChI=1S/C39H35NO4S/c1-26-18-20-29(21-19-26)45(41,42)40-22-34-35(23-40)39(33-17-9-13-28-11-5-7-15-31(28)33)37(25-44-3)36(24-43-2)38(34)32-16-8-12-27-10-4-6-14-30(27)32/h4-21H,22-25H2,1-3H3. The summed E-state index contributed by atoms with van der Waals surface area (Å²) < 4.78 is 41.9. The van der Waals surface area contributed by atoms with E-state index in [1.807, 2.05) is 31.2 Å². The van der Waals surface area contributed by atoms with E-state index in [2.05, 4.69) is 72.8 Å². The van der Waals surface area contributed by atoms with E-state index in [1.165, 1.54) is 0 Å². The second-order valence-electron chi connectivity index (χ2n) is 11.7. The van der Waals surface area contributed by atoms with Crippen LogP contribution in [0.25, 0.3) is 43.8 Å². The Labute approximate surface area is 264 Å². The maximum atomic E-state index is 14.2. The highest BCUT2D eigenvalue weighted by atomic mass is 32.2. The number of hydrogen-bond acceptors (Lipinski definition) is 4. The summed E-state index contributed by atoms with van der Waals surface area (Å²) in [5, 5.41) is 4.47. The first kappa shape index (κ1) is 29.4. The van der Waals surface area contributed by atoms with Crippen LogP contribution < -0.4 is 0 Å². The summed E-state index contributed by atoms with van der Waals surface area (Å²) in [6, 6.07) is 36.5. The van der Waals surface area contributed by atoms with Crippen LogP contribution in [0.15, 0.2) is 114 Å². The Bertz CT molecular complexity index is 2040. The molecular weight excluding hydrogens is 578 g/mol. The van der Waals surface area contributed by atoms with Crippen LogP contribution in [0.4, 0.5) is 0 Å². The van der Waals surface area contributed by atoms with Crippen LogP contribution in [0.2, 0.25) is 0 Å². The zero-order chi connectivity index (χ0) is 31.1. The van der Waals surface area contributed by atoms with Crippen molar-refractivity contribution < 1.29 is 17.9 Å². The minimum atomic E-state index is -3.79. The second-order valence-corrected chi connectivity index (χ2v) is 13.6. The highest BCUT2D eigenvalue weighted by Gasteiger charge is 2.37. The largest absolute Gasteiger partial charge is 0.380 e. The van der Waals surface area contributed by atoms with Crippen LogP contribution in [0.5, 0.6) is 0 Å². The molecule has 0 saturated heterocycles. The van der Waals surface area contributed by atoms with Crippen molar-refractivity contribution in [3.8, 4) is 22.3 Å². The Morgan fingerprint density at radius 3 is 1.51 bits per heavy atom. The smallest absolute Gasteiger partial charge is 0.243 e. The maximum absolute atomic E-state index is 14.2. The third kappa shape index (κ3) is 5.04. The summed E-state index contributed by atoms with van der Waals surface area (Å²) in [4.78, 5) is 0.300. The highest BCUT2D eigenvalue weighted by molar-refractivity contribution is 7.89. The van der Waals surface area contributed by atoms with Crippen molar-refractivity contribution in [2.75, 3.05) is 14.2 Å². The highest BCUT2D eigenvalue weighted by Crippen LogP contribution is 2.48. The molecule has 1 heterocycles. The van der Waals surface area contributed by atoms with E-state index in [9.17, 15) is 8.42 Å². The summed E-state index contributed by atoms with van der Waals surface area (Å²) in [7, 11) is -0.364. The molecule has 0 fully saturated rings. The van der Waals surface area contributed by atoms with Gasteiger partial charge in [0.05, 0.1) is 18.1 Å². The lowest BCUT2D eigenvalue weighted by atomic mass is 9.80. The van der Waals surface area contributed by atoms with Gasteiger partial charge in [-0.3, -0.25) is 0 Å². The van der Waals surface area contributed by atoms with Gasteiger partial charge in [-0.1, -0.05) is 103 Å². The molecule has 0 spiro atoms. The van der Waals surface area contributed by atoms with Crippen LogP contribution in [0.1, 0.15) is 27.8 Å². The van der Waals surface area contributed by atoms with Crippen LogP contribution in [0, 0.1) is 6.92 Å². The van der Waals surface area contributed by atoms with Crippen molar-refractivity contribution >= 4 is 31.6 Å². The van der Waals surface area contributed by atoms with E-state index >= 15 is 0 Å². The van der Waals surface area contributed by atoms with Gasteiger partial charge < -0.3 is 9.47 Å². The third-order valence-corrected chi connectivity index (χ3v) is 10.8. The lowest BCUT2D eigenvalue weighted by Gasteiger charge is -2.25. The molecule has 0 amide bonds. The zero-order valence-corrected chi connectivity index (χ0v) is 26.5. The Morgan fingerprint density at radius 2 is 1.04 bits per heavy atom. The molecule has 0 bridgehead atoms. The van der Waals surface area contributed by atoms with E-state index in [1.54, 1.807) is 30.7 Å². The lowest BCUT2D eigenvalue weighted by molar-refractivity contribution is 0.169. The van der Waals surface area contributed by atoms with E-state index in [-0.39, 0.29) is 13.1 Å². The van der Waals surface area contributed by atoms with Gasteiger partial charge >= 0.3 is 0 Å².